The number of nitrogens with two attached hydrogens (primary N) is 1. The first-order chi connectivity index (χ1) is 24.6. The monoisotopic (exact) mass is 780 g/mol. The van der Waals surface area contributed by atoms with E-state index in [0.717, 1.165) is 37.2 Å². The molecule has 1 heterocycles. The Balaban J connectivity index is 0.000000587. The summed E-state index contributed by atoms with van der Waals surface area (Å²) in [7, 11) is -3.98. The quantitative estimate of drug-likeness (QED) is 0.0784. The third kappa shape index (κ3) is 15.8. The van der Waals surface area contributed by atoms with E-state index in [4.69, 9.17) is 45.5 Å². The van der Waals surface area contributed by atoms with Crippen molar-refractivity contribution in [2.24, 2.45) is 5.73 Å². The lowest BCUT2D eigenvalue weighted by Crippen LogP contribution is -2.40. The zero-order valence-corrected chi connectivity index (χ0v) is 28.1. The van der Waals surface area contributed by atoms with Gasteiger partial charge in [0, 0.05) is 5.56 Å². The van der Waals surface area contributed by atoms with Crippen LogP contribution in [0.3, 0.4) is 0 Å². The van der Waals surface area contributed by atoms with Gasteiger partial charge in [-0.3, -0.25) is 5.41 Å². The number of halogens is 6. The molecule has 0 spiro atoms. The van der Waals surface area contributed by atoms with E-state index in [0.29, 0.717) is 17.7 Å². The molecule has 0 bridgehead atoms. The molecule has 1 aliphatic heterocycles. The third-order valence-corrected chi connectivity index (χ3v) is 8.35. The fourth-order valence-electron chi connectivity index (χ4n) is 4.24. The Kier molecular flexibility index (Phi) is 16.0. The maximum Gasteiger partial charge on any atom is 0.490 e. The topological polar surface area (TPSA) is 238 Å². The number of aliphatic carboxylic acids is 2. The van der Waals surface area contributed by atoms with Crippen LogP contribution in [-0.4, -0.2) is 91.7 Å². The fraction of sp³-hybridized carbons (Fsp3) is 0.312. The van der Waals surface area contributed by atoms with Crippen molar-refractivity contribution in [3.63, 3.8) is 0 Å². The SMILES string of the molecule is N=C(N)c1cccc(OC[C@H](Cc2ccc(OC3CCNCC3)cc2)NS(=O)(=O)c2ccc(C(=O)O)cc2)c1.O=C(O)C(F)(F)F.O=C(O)C(F)(F)F. The minimum atomic E-state index is -5.08. The van der Waals surface area contributed by atoms with E-state index in [1.165, 1.54) is 24.3 Å². The largest absolute Gasteiger partial charge is 0.492 e. The molecule has 290 valence electrons. The van der Waals surface area contributed by atoms with Crippen molar-refractivity contribution in [3.05, 3.63) is 89.5 Å². The van der Waals surface area contributed by atoms with Crippen LogP contribution in [0.15, 0.2) is 77.7 Å². The van der Waals surface area contributed by atoms with Crippen molar-refractivity contribution in [1.29, 1.82) is 5.41 Å². The van der Waals surface area contributed by atoms with E-state index in [1.807, 2.05) is 24.3 Å². The maximum absolute atomic E-state index is 13.2. The second-order valence-corrected chi connectivity index (χ2v) is 12.6. The number of alkyl halides is 6. The molecule has 1 aliphatic rings. The summed E-state index contributed by atoms with van der Waals surface area (Å²) < 4.78 is 104. The number of nitrogen functional groups attached to an aromatic ring is 1. The van der Waals surface area contributed by atoms with Crippen molar-refractivity contribution in [3.8, 4) is 11.5 Å². The zero-order valence-electron chi connectivity index (χ0n) is 27.3. The van der Waals surface area contributed by atoms with Crippen LogP contribution in [0, 0.1) is 5.41 Å². The lowest BCUT2D eigenvalue weighted by Gasteiger charge is -2.24. The number of amidine groups is 1. The van der Waals surface area contributed by atoms with Crippen molar-refractivity contribution in [1.82, 2.24) is 10.0 Å². The summed E-state index contributed by atoms with van der Waals surface area (Å²) >= 11 is 0. The molecule has 8 N–H and O–H groups in total. The number of carbonyl (C=O) groups is 3. The van der Waals surface area contributed by atoms with E-state index >= 15 is 0 Å². The Labute approximate surface area is 298 Å². The Bertz CT molecular complexity index is 1780. The highest BCUT2D eigenvalue weighted by molar-refractivity contribution is 7.89. The molecule has 0 amide bonds. The van der Waals surface area contributed by atoms with Gasteiger partial charge in [-0.25, -0.2) is 27.5 Å². The van der Waals surface area contributed by atoms with Gasteiger partial charge in [-0.15, -0.1) is 0 Å². The van der Waals surface area contributed by atoms with E-state index in [1.54, 1.807) is 24.3 Å². The van der Waals surface area contributed by atoms with E-state index in [-0.39, 0.29) is 29.0 Å². The summed E-state index contributed by atoms with van der Waals surface area (Å²) in [5.41, 5.74) is 6.94. The highest BCUT2D eigenvalue weighted by atomic mass is 32.2. The number of aromatic carboxylic acids is 1. The van der Waals surface area contributed by atoms with Gasteiger partial charge in [0.2, 0.25) is 10.0 Å². The molecule has 4 rings (SSSR count). The smallest absolute Gasteiger partial charge is 0.490 e. The summed E-state index contributed by atoms with van der Waals surface area (Å²) in [6, 6.07) is 18.6. The number of carboxylic acid groups (broad SMARTS) is 3. The average molecular weight is 781 g/mol. The number of benzene rings is 3. The normalized spacial score (nSPS) is 13.9. The zero-order chi connectivity index (χ0) is 40.0. The fourth-order valence-corrected chi connectivity index (χ4v) is 5.46. The van der Waals surface area contributed by atoms with Crippen molar-refractivity contribution in [2.75, 3.05) is 19.7 Å². The van der Waals surface area contributed by atoms with Gasteiger partial charge in [0.25, 0.3) is 0 Å². The summed E-state index contributed by atoms with van der Waals surface area (Å²) in [6.45, 7) is 1.86. The van der Waals surface area contributed by atoms with Crippen molar-refractivity contribution in [2.45, 2.75) is 48.7 Å². The van der Waals surface area contributed by atoms with Gasteiger partial charge in [-0.05, 0) is 86.4 Å². The Morgan fingerprint density at radius 1 is 0.849 bits per heavy atom. The third-order valence-electron chi connectivity index (χ3n) is 6.81. The molecule has 14 nitrogen and oxygen atoms in total. The predicted octanol–water partition coefficient (Wildman–Crippen LogP) is 4.03. The molecule has 0 saturated carbocycles. The van der Waals surface area contributed by atoms with Gasteiger partial charge >= 0.3 is 30.3 Å². The minimum absolute atomic E-state index is 0.00111. The van der Waals surface area contributed by atoms with Gasteiger partial charge < -0.3 is 35.8 Å². The molecule has 21 heteroatoms. The number of sulfonamides is 1. The van der Waals surface area contributed by atoms with Gasteiger partial charge in [-0.2, -0.15) is 26.3 Å². The van der Waals surface area contributed by atoms with E-state index in [2.05, 4.69) is 10.0 Å². The molecule has 53 heavy (non-hydrogen) atoms. The molecule has 0 aliphatic carbocycles. The highest BCUT2D eigenvalue weighted by Crippen LogP contribution is 2.20. The van der Waals surface area contributed by atoms with Crippen molar-refractivity contribution >= 4 is 33.8 Å². The van der Waals surface area contributed by atoms with Crippen LogP contribution in [-0.2, 0) is 26.0 Å². The molecule has 0 aromatic heterocycles. The Morgan fingerprint density at radius 3 is 1.85 bits per heavy atom. The predicted molar refractivity (Wildman–Crippen MR) is 175 cm³/mol. The van der Waals surface area contributed by atoms with Gasteiger partial charge in [-0.1, -0.05) is 24.3 Å². The van der Waals surface area contributed by atoms with Gasteiger partial charge in [0.1, 0.15) is 30.0 Å². The van der Waals surface area contributed by atoms with Crippen LogP contribution < -0.4 is 25.2 Å². The summed E-state index contributed by atoms with van der Waals surface area (Å²) in [5, 5.41) is 34.3. The number of hydrogen-bond donors (Lipinski definition) is 7. The number of hydrogen-bond acceptors (Lipinski definition) is 9. The lowest BCUT2D eigenvalue weighted by atomic mass is 10.1. The first kappa shape index (κ1) is 43.8. The number of nitrogens with one attached hydrogen (secondary N) is 3. The molecule has 3 aromatic rings. The number of ether oxygens (including phenoxy) is 2. The summed E-state index contributed by atoms with van der Waals surface area (Å²) in [4.78, 5) is 28.9. The van der Waals surface area contributed by atoms with Crippen LogP contribution in [0.4, 0.5) is 26.3 Å². The highest BCUT2D eigenvalue weighted by Gasteiger charge is 2.39. The molecule has 3 aromatic carbocycles. The molecule has 1 saturated heterocycles. The Morgan fingerprint density at radius 2 is 1.38 bits per heavy atom. The van der Waals surface area contributed by atoms with Gasteiger partial charge in [0.05, 0.1) is 16.5 Å². The molecule has 1 fully saturated rings. The number of carboxylic acids is 3. The second-order valence-electron chi connectivity index (χ2n) is 10.9. The van der Waals surface area contributed by atoms with Crippen LogP contribution in [0.2, 0.25) is 0 Å². The molecular formula is C32H34F6N4O10S. The molecule has 0 radical (unpaired) electrons. The van der Waals surface area contributed by atoms with Gasteiger partial charge in [0.15, 0.2) is 0 Å². The number of piperidine rings is 1. The maximum atomic E-state index is 13.2. The van der Waals surface area contributed by atoms with Crippen LogP contribution in [0.1, 0.15) is 34.3 Å². The minimum Gasteiger partial charge on any atom is -0.492 e. The van der Waals surface area contributed by atoms with Crippen molar-refractivity contribution < 1.29 is 73.9 Å². The van der Waals surface area contributed by atoms with E-state index in [9.17, 15) is 39.6 Å². The van der Waals surface area contributed by atoms with Crippen LogP contribution in [0.25, 0.3) is 0 Å². The average Bonchev–Trinajstić information content (AvgIpc) is 3.08. The lowest BCUT2D eigenvalue weighted by molar-refractivity contribution is -0.193. The van der Waals surface area contributed by atoms with Crippen LogP contribution >= 0.6 is 0 Å². The molecule has 1 atom stereocenters. The number of rotatable bonds is 12. The summed E-state index contributed by atoms with van der Waals surface area (Å²) in [6.07, 6.45) is -7.78. The first-order valence-electron chi connectivity index (χ1n) is 15.1. The standard InChI is InChI=1S/C28H32N4O6S.2C2HF3O2/c29-27(30)21-2-1-3-25(17-21)37-18-22(32-39(35,36)26-10-6-20(7-11-26)28(33)34)16-19-4-8-23(9-5-19)38-24-12-14-31-15-13-24;2*3-2(4,5)1(6)7/h1-11,17,22,24,31-32H,12-16,18H2,(H3,29,30)(H,33,34);2*(H,6,7)/t22-;;/m0../s1. The molecular weight excluding hydrogens is 746 g/mol. The molecule has 0 unspecified atom stereocenters. The Hall–Kier alpha value is -5.41. The van der Waals surface area contributed by atoms with Crippen LogP contribution in [0.5, 0.6) is 11.5 Å². The van der Waals surface area contributed by atoms with E-state index < -0.39 is 46.3 Å². The summed E-state index contributed by atoms with van der Waals surface area (Å²) in [5.74, 6) is -5.55. The first-order valence-corrected chi connectivity index (χ1v) is 16.6. The second kappa shape index (κ2) is 19.4.